The lowest BCUT2D eigenvalue weighted by molar-refractivity contribution is 0.104. The van der Waals surface area contributed by atoms with E-state index in [-0.39, 0.29) is 6.61 Å². The number of aryl methyl sites for hydroxylation is 1. The SMILES string of the molecule is Cc1nn(CCO)c(C)c1CNCCC1CCCO1. The number of nitrogens with one attached hydrogen (secondary N) is 1. The summed E-state index contributed by atoms with van der Waals surface area (Å²) in [5.74, 6) is 0. The van der Waals surface area contributed by atoms with Crippen molar-refractivity contribution < 1.29 is 9.84 Å². The standard InChI is InChI=1S/C14H25N3O2/c1-11-14(12(2)17(16-11)7-8-18)10-15-6-5-13-4-3-9-19-13/h13,15,18H,3-10H2,1-2H3. The zero-order chi connectivity index (χ0) is 13.7. The molecule has 0 radical (unpaired) electrons. The molecule has 2 heterocycles. The van der Waals surface area contributed by atoms with Gasteiger partial charge in [0, 0.05) is 24.4 Å². The van der Waals surface area contributed by atoms with E-state index in [4.69, 9.17) is 9.84 Å². The molecule has 19 heavy (non-hydrogen) atoms. The Balaban J connectivity index is 1.78. The van der Waals surface area contributed by atoms with Crippen LogP contribution in [0.5, 0.6) is 0 Å². The topological polar surface area (TPSA) is 59.3 Å². The van der Waals surface area contributed by atoms with Crippen LogP contribution < -0.4 is 5.32 Å². The van der Waals surface area contributed by atoms with E-state index in [0.29, 0.717) is 12.6 Å². The molecule has 1 aliphatic rings. The van der Waals surface area contributed by atoms with Gasteiger partial charge in [0.15, 0.2) is 0 Å². The van der Waals surface area contributed by atoms with Crippen molar-refractivity contribution in [2.24, 2.45) is 0 Å². The predicted molar refractivity (Wildman–Crippen MR) is 74.1 cm³/mol. The second-order valence-electron chi connectivity index (χ2n) is 5.20. The van der Waals surface area contributed by atoms with Crippen LogP contribution in [0.25, 0.3) is 0 Å². The Bertz CT molecular complexity index is 398. The summed E-state index contributed by atoms with van der Waals surface area (Å²) in [7, 11) is 0. The van der Waals surface area contributed by atoms with Gasteiger partial charge < -0.3 is 15.2 Å². The largest absolute Gasteiger partial charge is 0.394 e. The maximum Gasteiger partial charge on any atom is 0.0644 e. The molecule has 0 bridgehead atoms. The van der Waals surface area contributed by atoms with Crippen molar-refractivity contribution in [2.45, 2.75) is 52.3 Å². The highest BCUT2D eigenvalue weighted by Gasteiger charge is 2.15. The molecule has 0 aromatic carbocycles. The van der Waals surface area contributed by atoms with Gasteiger partial charge in [0.2, 0.25) is 0 Å². The van der Waals surface area contributed by atoms with Crippen LogP contribution >= 0.6 is 0 Å². The van der Waals surface area contributed by atoms with Gasteiger partial charge in [-0.15, -0.1) is 0 Å². The Morgan fingerprint density at radius 2 is 2.32 bits per heavy atom. The molecule has 1 saturated heterocycles. The smallest absolute Gasteiger partial charge is 0.0644 e. The third-order valence-corrected chi connectivity index (χ3v) is 3.81. The quantitative estimate of drug-likeness (QED) is 0.728. The van der Waals surface area contributed by atoms with Gasteiger partial charge in [-0.1, -0.05) is 0 Å². The van der Waals surface area contributed by atoms with Crippen LogP contribution in [-0.4, -0.2) is 40.7 Å². The zero-order valence-electron chi connectivity index (χ0n) is 12.0. The lowest BCUT2D eigenvalue weighted by Crippen LogP contribution is -2.20. The highest BCUT2D eigenvalue weighted by molar-refractivity contribution is 5.24. The van der Waals surface area contributed by atoms with E-state index in [2.05, 4.69) is 17.3 Å². The third kappa shape index (κ3) is 3.78. The van der Waals surface area contributed by atoms with Crippen LogP contribution in [0, 0.1) is 13.8 Å². The molecular weight excluding hydrogens is 242 g/mol. The van der Waals surface area contributed by atoms with Gasteiger partial charge in [-0.2, -0.15) is 5.10 Å². The van der Waals surface area contributed by atoms with E-state index in [0.717, 1.165) is 37.5 Å². The molecule has 1 fully saturated rings. The maximum atomic E-state index is 8.99. The van der Waals surface area contributed by atoms with Crippen LogP contribution in [0.15, 0.2) is 0 Å². The number of aliphatic hydroxyl groups is 1. The number of ether oxygens (including phenoxy) is 1. The van der Waals surface area contributed by atoms with E-state index >= 15 is 0 Å². The highest BCUT2D eigenvalue weighted by atomic mass is 16.5. The zero-order valence-corrected chi connectivity index (χ0v) is 12.0. The fourth-order valence-electron chi connectivity index (χ4n) is 2.65. The molecule has 108 valence electrons. The average Bonchev–Trinajstić information content (AvgIpc) is 2.98. The summed E-state index contributed by atoms with van der Waals surface area (Å²) < 4.78 is 7.49. The van der Waals surface area contributed by atoms with Gasteiger partial charge in [-0.25, -0.2) is 0 Å². The van der Waals surface area contributed by atoms with Gasteiger partial charge in [0.05, 0.1) is 24.9 Å². The van der Waals surface area contributed by atoms with Gasteiger partial charge in [-0.3, -0.25) is 4.68 Å². The van der Waals surface area contributed by atoms with Crippen molar-refractivity contribution in [3.8, 4) is 0 Å². The number of hydrogen-bond donors (Lipinski definition) is 2. The van der Waals surface area contributed by atoms with Crippen LogP contribution in [-0.2, 0) is 17.8 Å². The first-order chi connectivity index (χ1) is 9.22. The van der Waals surface area contributed by atoms with Crippen molar-refractivity contribution in [1.82, 2.24) is 15.1 Å². The van der Waals surface area contributed by atoms with Crippen molar-refractivity contribution >= 4 is 0 Å². The van der Waals surface area contributed by atoms with E-state index in [9.17, 15) is 0 Å². The summed E-state index contributed by atoms with van der Waals surface area (Å²) in [6.45, 7) is 7.54. The molecule has 1 unspecified atom stereocenters. The number of aliphatic hydroxyl groups excluding tert-OH is 1. The first-order valence-electron chi connectivity index (χ1n) is 7.18. The first kappa shape index (κ1) is 14.5. The van der Waals surface area contributed by atoms with Crippen molar-refractivity contribution in [1.29, 1.82) is 0 Å². The summed E-state index contributed by atoms with van der Waals surface area (Å²) in [6, 6.07) is 0. The molecule has 0 amide bonds. The summed E-state index contributed by atoms with van der Waals surface area (Å²) in [4.78, 5) is 0. The number of aromatic nitrogens is 2. The van der Waals surface area contributed by atoms with Crippen molar-refractivity contribution in [2.75, 3.05) is 19.8 Å². The van der Waals surface area contributed by atoms with E-state index in [1.807, 2.05) is 11.6 Å². The molecule has 5 nitrogen and oxygen atoms in total. The average molecular weight is 267 g/mol. The minimum atomic E-state index is 0.133. The Morgan fingerprint density at radius 3 is 3.00 bits per heavy atom. The third-order valence-electron chi connectivity index (χ3n) is 3.81. The van der Waals surface area contributed by atoms with Crippen LogP contribution in [0.1, 0.15) is 36.2 Å². The molecule has 5 heteroatoms. The van der Waals surface area contributed by atoms with Crippen molar-refractivity contribution in [3.05, 3.63) is 17.0 Å². The molecule has 2 N–H and O–H groups in total. The summed E-state index contributed by atoms with van der Waals surface area (Å²) in [5.41, 5.74) is 3.45. The van der Waals surface area contributed by atoms with Crippen LogP contribution in [0.2, 0.25) is 0 Å². The normalized spacial score (nSPS) is 19.2. The number of nitrogens with zero attached hydrogens (tertiary/aromatic N) is 2. The molecule has 1 aliphatic heterocycles. The molecule has 2 rings (SSSR count). The van der Waals surface area contributed by atoms with Gasteiger partial charge in [-0.05, 0) is 39.7 Å². The Hall–Kier alpha value is -0.910. The monoisotopic (exact) mass is 267 g/mol. The Labute approximate surface area is 115 Å². The fourth-order valence-corrected chi connectivity index (χ4v) is 2.65. The number of hydrogen-bond acceptors (Lipinski definition) is 4. The molecule has 0 spiro atoms. The second-order valence-corrected chi connectivity index (χ2v) is 5.20. The molecule has 1 atom stereocenters. The lowest BCUT2D eigenvalue weighted by Gasteiger charge is -2.10. The Morgan fingerprint density at radius 1 is 1.47 bits per heavy atom. The van der Waals surface area contributed by atoms with Crippen LogP contribution in [0.3, 0.4) is 0 Å². The second kappa shape index (κ2) is 7.03. The van der Waals surface area contributed by atoms with Gasteiger partial charge in [0.1, 0.15) is 0 Å². The van der Waals surface area contributed by atoms with Crippen molar-refractivity contribution in [3.63, 3.8) is 0 Å². The summed E-state index contributed by atoms with van der Waals surface area (Å²) in [6.07, 6.45) is 3.94. The molecular formula is C14H25N3O2. The minimum absolute atomic E-state index is 0.133. The van der Waals surface area contributed by atoms with E-state index < -0.39 is 0 Å². The fraction of sp³-hybridized carbons (Fsp3) is 0.786. The molecule has 0 aliphatic carbocycles. The van der Waals surface area contributed by atoms with E-state index in [1.165, 1.54) is 18.4 Å². The molecule has 1 aromatic heterocycles. The van der Waals surface area contributed by atoms with Gasteiger partial charge >= 0.3 is 0 Å². The minimum Gasteiger partial charge on any atom is -0.394 e. The van der Waals surface area contributed by atoms with E-state index in [1.54, 1.807) is 0 Å². The maximum absolute atomic E-state index is 8.99. The summed E-state index contributed by atoms with van der Waals surface area (Å²) >= 11 is 0. The molecule has 0 saturated carbocycles. The Kier molecular flexibility index (Phi) is 5.36. The predicted octanol–water partition coefficient (Wildman–Crippen LogP) is 1.15. The number of rotatable bonds is 7. The highest BCUT2D eigenvalue weighted by Crippen LogP contribution is 2.15. The van der Waals surface area contributed by atoms with Crippen LogP contribution in [0.4, 0.5) is 0 Å². The summed E-state index contributed by atoms with van der Waals surface area (Å²) in [5, 5.41) is 16.9. The lowest BCUT2D eigenvalue weighted by atomic mass is 10.1. The molecule has 1 aromatic rings. The van der Waals surface area contributed by atoms with Gasteiger partial charge in [0.25, 0.3) is 0 Å². The first-order valence-corrected chi connectivity index (χ1v) is 7.18.